The number of rotatable bonds is 13. The van der Waals surface area contributed by atoms with Gasteiger partial charge in [-0.25, -0.2) is 0 Å². The van der Waals surface area contributed by atoms with Crippen LogP contribution in [0.4, 0.5) is 0 Å². The van der Waals surface area contributed by atoms with Crippen molar-refractivity contribution in [1.29, 1.82) is 0 Å². The molecule has 7 nitrogen and oxygen atoms in total. The Morgan fingerprint density at radius 3 is 1.66 bits per heavy atom. The standard InChI is InChI=1S/C19H31NO6.3CH4/c1-5-7-12-24-18(22)14-16(15-19(23)25-13-8-6-2)26-17(21)10-9-11-20(3)4;;;/h5-8,16H,9-15H2,1-4H3;3*1H4/b7-5+,8-6+;;;. The van der Waals surface area contributed by atoms with Crippen molar-refractivity contribution in [3.8, 4) is 0 Å². The summed E-state index contributed by atoms with van der Waals surface area (Å²) in [5.74, 6) is -1.51. The first kappa shape index (κ1) is 34.4. The number of ether oxygens (including phenoxy) is 3. The van der Waals surface area contributed by atoms with Crippen LogP contribution in [0.1, 0.15) is 61.8 Å². The van der Waals surface area contributed by atoms with E-state index < -0.39 is 24.0 Å². The van der Waals surface area contributed by atoms with E-state index in [4.69, 9.17) is 14.2 Å². The second kappa shape index (κ2) is 22.1. The number of carbonyl (C=O) groups is 3. The molecule has 172 valence electrons. The summed E-state index contributed by atoms with van der Waals surface area (Å²) in [6.45, 7) is 4.66. The van der Waals surface area contributed by atoms with E-state index in [0.717, 1.165) is 6.54 Å². The van der Waals surface area contributed by atoms with Crippen molar-refractivity contribution in [3.63, 3.8) is 0 Å². The molecular weight excluding hydrogens is 374 g/mol. The van der Waals surface area contributed by atoms with Gasteiger partial charge in [-0.05, 0) is 40.9 Å². The first-order valence-electron chi connectivity index (χ1n) is 8.76. The Bertz CT molecular complexity index is 456. The van der Waals surface area contributed by atoms with Gasteiger partial charge < -0.3 is 19.1 Å². The van der Waals surface area contributed by atoms with Crippen molar-refractivity contribution in [1.82, 2.24) is 4.90 Å². The third-order valence-corrected chi connectivity index (χ3v) is 3.23. The number of hydrogen-bond acceptors (Lipinski definition) is 7. The molecule has 0 aliphatic heterocycles. The lowest BCUT2D eigenvalue weighted by molar-refractivity contribution is -0.158. The van der Waals surface area contributed by atoms with E-state index in [1.807, 2.05) is 32.8 Å². The largest absolute Gasteiger partial charge is 0.461 e. The normalized spacial score (nSPS) is 10.3. The number of carbonyl (C=O) groups excluding carboxylic acids is 3. The topological polar surface area (TPSA) is 82.1 Å². The summed E-state index contributed by atoms with van der Waals surface area (Å²) in [5.41, 5.74) is 0. The minimum absolute atomic E-state index is 0. The maximum atomic E-state index is 12.0. The van der Waals surface area contributed by atoms with Gasteiger partial charge in [-0.2, -0.15) is 0 Å². The second-order valence-corrected chi connectivity index (χ2v) is 5.93. The third-order valence-electron chi connectivity index (χ3n) is 3.23. The molecule has 0 aliphatic rings. The summed E-state index contributed by atoms with van der Waals surface area (Å²) < 4.78 is 15.3. The van der Waals surface area contributed by atoms with Crippen molar-refractivity contribution in [2.75, 3.05) is 33.9 Å². The molecule has 0 bridgehead atoms. The van der Waals surface area contributed by atoms with E-state index in [9.17, 15) is 14.4 Å². The van der Waals surface area contributed by atoms with E-state index in [-0.39, 0.29) is 54.8 Å². The van der Waals surface area contributed by atoms with Crippen molar-refractivity contribution >= 4 is 17.9 Å². The Hall–Kier alpha value is -2.15. The maximum Gasteiger partial charge on any atom is 0.309 e. The molecule has 7 heteroatoms. The zero-order valence-corrected chi connectivity index (χ0v) is 16.2. The predicted molar refractivity (Wildman–Crippen MR) is 119 cm³/mol. The highest BCUT2D eigenvalue weighted by Crippen LogP contribution is 2.10. The lowest BCUT2D eigenvalue weighted by atomic mass is 10.2. The molecule has 0 radical (unpaired) electrons. The van der Waals surface area contributed by atoms with Gasteiger partial charge in [0.15, 0.2) is 0 Å². The Balaban J connectivity index is -0.00000104. The quantitative estimate of drug-likeness (QED) is 0.253. The minimum atomic E-state index is -0.891. The molecule has 0 amide bonds. The van der Waals surface area contributed by atoms with Crippen LogP contribution < -0.4 is 0 Å². The van der Waals surface area contributed by atoms with Crippen LogP contribution in [0.5, 0.6) is 0 Å². The van der Waals surface area contributed by atoms with E-state index in [2.05, 4.69) is 0 Å². The lowest BCUT2D eigenvalue weighted by Crippen LogP contribution is -2.27. The van der Waals surface area contributed by atoms with Gasteiger partial charge in [-0.15, -0.1) is 0 Å². The summed E-state index contributed by atoms with van der Waals surface area (Å²) in [6.07, 6.45) is 6.48. The predicted octanol–water partition coefficient (Wildman–Crippen LogP) is 4.17. The Morgan fingerprint density at radius 2 is 1.28 bits per heavy atom. The van der Waals surface area contributed by atoms with E-state index in [1.165, 1.54) is 0 Å². The molecule has 0 atom stereocenters. The monoisotopic (exact) mass is 417 g/mol. The van der Waals surface area contributed by atoms with Crippen molar-refractivity contribution in [3.05, 3.63) is 24.3 Å². The summed E-state index contributed by atoms with van der Waals surface area (Å²) >= 11 is 0. The molecule has 0 rings (SSSR count). The first-order chi connectivity index (χ1) is 12.4. The summed E-state index contributed by atoms with van der Waals surface area (Å²) in [5, 5.41) is 0. The van der Waals surface area contributed by atoms with Gasteiger partial charge in [-0.1, -0.05) is 46.6 Å². The molecule has 0 aromatic rings. The van der Waals surface area contributed by atoms with Gasteiger partial charge in [0.25, 0.3) is 0 Å². The van der Waals surface area contributed by atoms with Crippen LogP contribution in [0.2, 0.25) is 0 Å². The molecule has 0 N–H and O–H groups in total. The highest BCUT2D eigenvalue weighted by Gasteiger charge is 2.23. The number of hydrogen-bond donors (Lipinski definition) is 0. The van der Waals surface area contributed by atoms with Gasteiger partial charge in [0.2, 0.25) is 0 Å². The highest BCUT2D eigenvalue weighted by atomic mass is 16.6. The van der Waals surface area contributed by atoms with Crippen LogP contribution in [0.25, 0.3) is 0 Å². The minimum Gasteiger partial charge on any atom is -0.461 e. The number of nitrogens with zero attached hydrogens (tertiary/aromatic N) is 1. The van der Waals surface area contributed by atoms with Crippen LogP contribution in [0.15, 0.2) is 24.3 Å². The van der Waals surface area contributed by atoms with Crippen LogP contribution >= 0.6 is 0 Å². The van der Waals surface area contributed by atoms with Gasteiger partial charge in [0.1, 0.15) is 19.3 Å². The van der Waals surface area contributed by atoms with Gasteiger partial charge >= 0.3 is 17.9 Å². The lowest BCUT2D eigenvalue weighted by Gasteiger charge is -2.17. The Morgan fingerprint density at radius 1 is 0.828 bits per heavy atom. The van der Waals surface area contributed by atoms with Crippen LogP contribution in [-0.4, -0.2) is 62.8 Å². The molecule has 0 saturated carbocycles. The smallest absolute Gasteiger partial charge is 0.309 e. The van der Waals surface area contributed by atoms with Crippen molar-refractivity contribution in [2.45, 2.75) is 67.9 Å². The third kappa shape index (κ3) is 22.0. The first-order valence-corrected chi connectivity index (χ1v) is 8.76. The van der Waals surface area contributed by atoms with E-state index in [1.54, 1.807) is 24.3 Å². The van der Waals surface area contributed by atoms with E-state index >= 15 is 0 Å². The Kier molecular flexibility index (Phi) is 26.2. The van der Waals surface area contributed by atoms with Crippen LogP contribution in [0, 0.1) is 0 Å². The summed E-state index contributed by atoms with van der Waals surface area (Å²) in [4.78, 5) is 37.6. The fourth-order valence-corrected chi connectivity index (χ4v) is 1.90. The SMILES string of the molecule is C.C.C.C/C=C/COC(=O)CC(CC(=O)OC/C=C/C)OC(=O)CCCN(C)C. The van der Waals surface area contributed by atoms with Crippen molar-refractivity contribution in [2.24, 2.45) is 0 Å². The number of esters is 3. The van der Waals surface area contributed by atoms with Crippen LogP contribution in [0.3, 0.4) is 0 Å². The molecule has 0 unspecified atom stereocenters. The highest BCUT2D eigenvalue weighted by molar-refractivity contribution is 5.76. The van der Waals surface area contributed by atoms with Gasteiger partial charge in [-0.3, -0.25) is 14.4 Å². The fourth-order valence-electron chi connectivity index (χ4n) is 1.90. The fraction of sp³-hybridized carbons (Fsp3) is 0.682. The molecular formula is C22H43NO6. The molecule has 0 saturated heterocycles. The average Bonchev–Trinajstić information content (AvgIpc) is 2.54. The molecule has 0 aromatic carbocycles. The number of allylic oxidation sites excluding steroid dienone is 2. The summed E-state index contributed by atoms with van der Waals surface area (Å²) in [7, 11) is 3.82. The maximum absolute atomic E-state index is 12.0. The zero-order chi connectivity index (χ0) is 19.8. The van der Waals surface area contributed by atoms with Gasteiger partial charge in [0.05, 0.1) is 12.8 Å². The zero-order valence-electron chi connectivity index (χ0n) is 16.2. The summed E-state index contributed by atoms with van der Waals surface area (Å²) in [6, 6.07) is 0. The van der Waals surface area contributed by atoms with E-state index in [0.29, 0.717) is 6.42 Å². The van der Waals surface area contributed by atoms with Gasteiger partial charge in [0, 0.05) is 6.42 Å². The Labute approximate surface area is 178 Å². The molecule has 0 fully saturated rings. The second-order valence-electron chi connectivity index (χ2n) is 5.93. The molecule has 0 spiro atoms. The van der Waals surface area contributed by atoms with Crippen LogP contribution in [-0.2, 0) is 28.6 Å². The molecule has 0 aliphatic carbocycles. The molecule has 0 heterocycles. The van der Waals surface area contributed by atoms with Crippen molar-refractivity contribution < 1.29 is 28.6 Å². The molecule has 29 heavy (non-hydrogen) atoms. The average molecular weight is 418 g/mol. The molecule has 0 aromatic heterocycles.